The zero-order valence-electron chi connectivity index (χ0n) is 20.6. The maximum absolute atomic E-state index is 13.2. The summed E-state index contributed by atoms with van der Waals surface area (Å²) >= 11 is 0. The number of nitrogens with two attached hydrogens (primary N) is 1. The van der Waals surface area contributed by atoms with Gasteiger partial charge in [-0.3, -0.25) is 19.8 Å². The van der Waals surface area contributed by atoms with Crippen molar-refractivity contribution >= 4 is 23.6 Å². The first-order valence-corrected chi connectivity index (χ1v) is 12.3. The van der Waals surface area contributed by atoms with Crippen molar-refractivity contribution in [3.8, 4) is 5.75 Å². The summed E-state index contributed by atoms with van der Waals surface area (Å²) in [5.41, 5.74) is 8.29. The molecule has 0 radical (unpaired) electrons. The first-order chi connectivity index (χ1) is 17.3. The van der Waals surface area contributed by atoms with Crippen molar-refractivity contribution < 1.29 is 24.2 Å². The summed E-state index contributed by atoms with van der Waals surface area (Å²) in [4.78, 5) is 38.8. The minimum absolute atomic E-state index is 0.00548. The molecule has 36 heavy (non-hydrogen) atoms. The molecule has 0 saturated heterocycles. The van der Waals surface area contributed by atoms with Crippen LogP contribution in [0.15, 0.2) is 42.5 Å². The Morgan fingerprint density at radius 2 is 1.92 bits per heavy atom. The van der Waals surface area contributed by atoms with Crippen LogP contribution >= 0.6 is 0 Å². The normalized spacial score (nSPS) is 13.6. The van der Waals surface area contributed by atoms with Crippen molar-refractivity contribution in [2.24, 2.45) is 5.73 Å². The lowest BCUT2D eigenvalue weighted by Crippen LogP contribution is -2.53. The van der Waals surface area contributed by atoms with E-state index in [1.54, 1.807) is 24.3 Å². The molecule has 2 aromatic carbocycles. The van der Waals surface area contributed by atoms with E-state index >= 15 is 0 Å². The molecule has 0 bridgehead atoms. The number of unbranched alkanes of at least 4 members (excludes halogenated alkanes) is 3. The van der Waals surface area contributed by atoms with Crippen LogP contribution in [0.5, 0.6) is 5.75 Å². The maximum atomic E-state index is 13.2. The van der Waals surface area contributed by atoms with Gasteiger partial charge in [0.25, 0.3) is 5.91 Å². The third-order valence-electron chi connectivity index (χ3n) is 6.24. The Kier molecular flexibility index (Phi) is 9.44. The SMILES string of the molecule is CCCCCCNC(=O)C(CC(=O)O)N1CCc2cc(OCc3ccc(C(=N)N)cc3)ccc2C1=O. The second-order valence-electron chi connectivity index (χ2n) is 8.93. The topological polar surface area (TPSA) is 146 Å². The second-order valence-corrected chi connectivity index (χ2v) is 8.93. The molecule has 1 aliphatic rings. The molecule has 1 aliphatic heterocycles. The second kappa shape index (κ2) is 12.7. The lowest BCUT2D eigenvalue weighted by molar-refractivity contribution is -0.141. The van der Waals surface area contributed by atoms with E-state index in [0.717, 1.165) is 36.8 Å². The maximum Gasteiger partial charge on any atom is 0.305 e. The zero-order chi connectivity index (χ0) is 26.1. The zero-order valence-corrected chi connectivity index (χ0v) is 20.6. The average Bonchev–Trinajstić information content (AvgIpc) is 2.86. The summed E-state index contributed by atoms with van der Waals surface area (Å²) in [5.74, 6) is -1.29. The van der Waals surface area contributed by atoms with Crippen molar-refractivity contribution in [2.75, 3.05) is 13.1 Å². The summed E-state index contributed by atoms with van der Waals surface area (Å²) in [5, 5.41) is 19.6. The Labute approximate surface area is 211 Å². The Morgan fingerprint density at radius 1 is 1.17 bits per heavy atom. The van der Waals surface area contributed by atoms with Gasteiger partial charge < -0.3 is 25.8 Å². The molecular weight excluding hydrogens is 460 g/mol. The summed E-state index contributed by atoms with van der Waals surface area (Å²) in [6, 6.07) is 11.3. The van der Waals surface area contributed by atoms with Gasteiger partial charge in [0.15, 0.2) is 0 Å². The van der Waals surface area contributed by atoms with Crippen LogP contribution in [0.25, 0.3) is 0 Å². The quantitative estimate of drug-likeness (QED) is 0.191. The minimum atomic E-state index is -1.13. The molecule has 0 aliphatic carbocycles. The Balaban J connectivity index is 1.65. The van der Waals surface area contributed by atoms with Gasteiger partial charge in [-0.15, -0.1) is 0 Å². The number of amides is 2. The number of ether oxygens (including phenoxy) is 1. The summed E-state index contributed by atoms with van der Waals surface area (Å²) in [7, 11) is 0. The molecule has 2 amide bonds. The minimum Gasteiger partial charge on any atom is -0.489 e. The summed E-state index contributed by atoms with van der Waals surface area (Å²) < 4.78 is 5.88. The van der Waals surface area contributed by atoms with Gasteiger partial charge in [-0.1, -0.05) is 50.5 Å². The number of hydrogen-bond donors (Lipinski definition) is 4. The Bertz CT molecular complexity index is 1100. The molecule has 0 saturated carbocycles. The number of nitrogens with zero attached hydrogens (tertiary/aromatic N) is 1. The van der Waals surface area contributed by atoms with Crippen molar-refractivity contribution in [3.05, 3.63) is 64.7 Å². The largest absolute Gasteiger partial charge is 0.489 e. The van der Waals surface area contributed by atoms with E-state index in [0.29, 0.717) is 36.4 Å². The van der Waals surface area contributed by atoms with Crippen molar-refractivity contribution in [1.29, 1.82) is 5.41 Å². The number of amidine groups is 1. The molecule has 9 heteroatoms. The number of carbonyl (C=O) groups is 3. The van der Waals surface area contributed by atoms with Gasteiger partial charge in [-0.2, -0.15) is 0 Å². The highest BCUT2D eigenvalue weighted by atomic mass is 16.5. The van der Waals surface area contributed by atoms with E-state index in [4.69, 9.17) is 15.9 Å². The van der Waals surface area contributed by atoms with Gasteiger partial charge in [0.05, 0.1) is 6.42 Å². The summed E-state index contributed by atoms with van der Waals surface area (Å²) in [6.45, 7) is 3.14. The van der Waals surface area contributed by atoms with Crippen LogP contribution in [0, 0.1) is 5.41 Å². The van der Waals surface area contributed by atoms with Gasteiger partial charge in [0, 0.05) is 24.2 Å². The predicted octanol–water partition coefficient (Wildman–Crippen LogP) is 3.09. The van der Waals surface area contributed by atoms with Crippen molar-refractivity contribution in [3.63, 3.8) is 0 Å². The first-order valence-electron chi connectivity index (χ1n) is 12.3. The Morgan fingerprint density at radius 3 is 2.58 bits per heavy atom. The molecule has 0 aromatic heterocycles. The number of nitrogens with one attached hydrogen (secondary N) is 2. The fourth-order valence-electron chi connectivity index (χ4n) is 4.21. The molecule has 9 nitrogen and oxygen atoms in total. The highest BCUT2D eigenvalue weighted by Crippen LogP contribution is 2.26. The molecule has 5 N–H and O–H groups in total. The summed E-state index contributed by atoms with van der Waals surface area (Å²) in [6.07, 6.45) is 4.02. The molecule has 1 heterocycles. The van der Waals surface area contributed by atoms with Gasteiger partial charge in [-0.05, 0) is 42.2 Å². The van der Waals surface area contributed by atoms with E-state index in [2.05, 4.69) is 12.2 Å². The molecule has 1 unspecified atom stereocenters. The molecule has 0 fully saturated rings. The lowest BCUT2D eigenvalue weighted by atomic mass is 9.96. The monoisotopic (exact) mass is 494 g/mol. The Hall–Kier alpha value is -3.88. The standard InChI is InChI=1S/C27H34N4O5/c1-2-3-4-5-13-30-26(34)23(16-24(32)33)31-14-12-20-15-21(10-11-22(20)27(31)35)36-17-18-6-8-19(9-7-18)25(28)29/h6-11,15,23H,2-5,12-14,16-17H2,1H3,(H3,28,29)(H,30,34)(H,32,33). The van der Waals surface area contributed by atoms with Crippen LogP contribution < -0.4 is 15.8 Å². The number of benzene rings is 2. The molecule has 3 rings (SSSR count). The number of fused-ring (bicyclic) bond motifs is 1. The smallest absolute Gasteiger partial charge is 0.305 e. The van der Waals surface area contributed by atoms with Crippen LogP contribution in [0.4, 0.5) is 0 Å². The number of carboxylic acid groups (broad SMARTS) is 1. The average molecular weight is 495 g/mol. The van der Waals surface area contributed by atoms with Crippen LogP contribution in [0.3, 0.4) is 0 Å². The van der Waals surface area contributed by atoms with Gasteiger partial charge in [0.1, 0.15) is 24.2 Å². The number of hydrogen-bond acceptors (Lipinski definition) is 5. The number of carbonyl (C=O) groups excluding carboxylic acids is 2. The first kappa shape index (κ1) is 26.7. The highest BCUT2D eigenvalue weighted by Gasteiger charge is 2.35. The van der Waals surface area contributed by atoms with E-state index < -0.39 is 24.3 Å². The third kappa shape index (κ3) is 7.07. The van der Waals surface area contributed by atoms with Crippen LogP contribution in [0.1, 0.15) is 66.1 Å². The lowest BCUT2D eigenvalue weighted by Gasteiger charge is -2.34. The van der Waals surface area contributed by atoms with Crippen LogP contribution in [-0.4, -0.2) is 52.8 Å². The third-order valence-corrected chi connectivity index (χ3v) is 6.24. The van der Waals surface area contributed by atoms with Gasteiger partial charge in [0.2, 0.25) is 5.91 Å². The number of nitrogen functional groups attached to an aromatic ring is 1. The van der Waals surface area contributed by atoms with Crippen LogP contribution in [-0.2, 0) is 22.6 Å². The number of carboxylic acids is 1. The van der Waals surface area contributed by atoms with E-state index in [-0.39, 0.29) is 18.3 Å². The van der Waals surface area contributed by atoms with E-state index in [1.807, 2.05) is 18.2 Å². The number of rotatable bonds is 13. The van der Waals surface area contributed by atoms with Crippen molar-refractivity contribution in [1.82, 2.24) is 10.2 Å². The van der Waals surface area contributed by atoms with E-state index in [9.17, 15) is 19.5 Å². The van der Waals surface area contributed by atoms with Crippen molar-refractivity contribution in [2.45, 2.75) is 58.1 Å². The molecule has 2 aromatic rings. The fourth-order valence-corrected chi connectivity index (χ4v) is 4.21. The number of aliphatic carboxylic acids is 1. The molecule has 0 spiro atoms. The highest BCUT2D eigenvalue weighted by molar-refractivity contribution is 6.00. The molecule has 1 atom stereocenters. The predicted molar refractivity (Wildman–Crippen MR) is 136 cm³/mol. The van der Waals surface area contributed by atoms with E-state index in [1.165, 1.54) is 4.90 Å². The molecule has 192 valence electrons. The van der Waals surface area contributed by atoms with Gasteiger partial charge in [-0.25, -0.2) is 0 Å². The van der Waals surface area contributed by atoms with Crippen LogP contribution in [0.2, 0.25) is 0 Å². The fraction of sp³-hybridized carbons (Fsp3) is 0.407. The molecular formula is C27H34N4O5. The van der Waals surface area contributed by atoms with Gasteiger partial charge >= 0.3 is 5.97 Å².